The lowest BCUT2D eigenvalue weighted by molar-refractivity contribution is 1.50. The van der Waals surface area contributed by atoms with Crippen molar-refractivity contribution in [3.8, 4) is 167 Å². The Balaban J connectivity index is 1.15. The maximum Gasteiger partial charge on any atom is -0.00143 e. The van der Waals surface area contributed by atoms with E-state index >= 15 is 0 Å². The molecule has 0 N–H and O–H groups in total. The predicted octanol–water partition coefficient (Wildman–Crippen LogP) is 26.7. The van der Waals surface area contributed by atoms with Crippen molar-refractivity contribution in [2.75, 3.05) is 0 Å². The summed E-state index contributed by atoms with van der Waals surface area (Å²) in [6.45, 7) is 0. The van der Waals surface area contributed by atoms with Crippen LogP contribution in [0.15, 0.2) is 400 Å². The summed E-state index contributed by atoms with van der Waals surface area (Å²) in [5, 5.41) is 0. The minimum absolute atomic E-state index is 1.08. The molecule has 0 unspecified atom stereocenters. The summed E-state index contributed by atoms with van der Waals surface area (Å²) in [6, 6.07) is 148. The van der Waals surface area contributed by atoms with Crippen LogP contribution >= 0.6 is 0 Å². The fourth-order valence-electron chi connectivity index (χ4n) is 14.5. The molecule has 0 fully saturated rings. The summed E-state index contributed by atoms with van der Waals surface area (Å²) < 4.78 is 0. The van der Waals surface area contributed by atoms with E-state index in [2.05, 4.69) is 400 Å². The molecule has 0 aliphatic heterocycles. The number of hydrogen-bond donors (Lipinski definition) is 0. The van der Waals surface area contributed by atoms with Gasteiger partial charge in [0.15, 0.2) is 0 Å². The zero-order valence-corrected chi connectivity index (χ0v) is 53.1. The maximum absolute atomic E-state index is 2.52. The van der Waals surface area contributed by atoms with E-state index < -0.39 is 0 Å². The van der Waals surface area contributed by atoms with Gasteiger partial charge in [-0.05, 0) is 203 Å². The van der Waals surface area contributed by atoms with Crippen LogP contribution in [0.25, 0.3) is 167 Å². The minimum atomic E-state index is 1.08. The highest BCUT2D eigenvalue weighted by Crippen LogP contribution is 2.56. The highest BCUT2D eigenvalue weighted by atomic mass is 14.3. The van der Waals surface area contributed by atoms with Crippen LogP contribution in [-0.2, 0) is 0 Å². The second-order valence-electron chi connectivity index (χ2n) is 24.5. The highest BCUT2D eigenvalue weighted by molar-refractivity contribution is 6.13. The second kappa shape index (κ2) is 26.6. The quantitative estimate of drug-likeness (QED) is 0.0960. The molecule has 0 heteroatoms. The summed E-state index contributed by atoms with van der Waals surface area (Å²) in [5.74, 6) is 0. The van der Waals surface area contributed by atoms with Crippen LogP contribution in [0, 0.1) is 0 Å². The molecule has 16 aromatic carbocycles. The van der Waals surface area contributed by atoms with Crippen LogP contribution in [0.4, 0.5) is 0 Å². The first-order valence-corrected chi connectivity index (χ1v) is 33.1. The molecular weight excluding hydrogens is 1150 g/mol. The van der Waals surface area contributed by atoms with Crippen molar-refractivity contribution in [3.63, 3.8) is 0 Å². The smallest absolute Gasteiger partial charge is 0.00143 e. The largest absolute Gasteiger partial charge is 0.0622 e. The summed E-state index contributed by atoms with van der Waals surface area (Å²) in [5.41, 5.74) is 34.1. The van der Waals surface area contributed by atoms with E-state index in [0.29, 0.717) is 0 Å². The molecule has 0 aliphatic rings. The van der Waals surface area contributed by atoms with Crippen molar-refractivity contribution in [2.45, 2.75) is 0 Å². The summed E-state index contributed by atoms with van der Waals surface area (Å²) >= 11 is 0. The molecule has 96 heavy (non-hydrogen) atoms. The maximum atomic E-state index is 2.52. The molecular formula is C96H66. The molecule has 0 atom stereocenters. The third kappa shape index (κ3) is 11.4. The zero-order valence-electron chi connectivity index (χ0n) is 53.1. The van der Waals surface area contributed by atoms with Crippen molar-refractivity contribution >= 4 is 0 Å². The van der Waals surface area contributed by atoms with Gasteiger partial charge in [0.25, 0.3) is 0 Å². The van der Waals surface area contributed by atoms with Gasteiger partial charge in [-0.15, -0.1) is 0 Å². The van der Waals surface area contributed by atoms with Crippen molar-refractivity contribution in [1.29, 1.82) is 0 Å². The molecule has 450 valence electrons. The fourth-order valence-corrected chi connectivity index (χ4v) is 14.5. The number of rotatable bonds is 15. The standard InChI is InChI=1S/C96H66/c1-13-37-67(38-14-1)82-64-85(91(73-49-25-7-26-50-73)94(76-55-31-10-32-56-76)88(82)70-43-19-4-20-44-70)79-61-80(86-65-83(68-39-15-2-16-40-68)89(71-45-21-5-22-46-71)95(77-57-33-11-34-58-77)92(86)74-51-27-8-28-52-74)63-81(62-79)87-66-84(69-41-17-3-18-42-69)90(72-47-23-6-24-48-72)96(78-59-35-12-36-60-78)93(87)75-53-29-9-30-54-75/h1-66H. The molecule has 0 aromatic heterocycles. The first-order valence-electron chi connectivity index (χ1n) is 33.1. The third-order valence-electron chi connectivity index (χ3n) is 18.7. The molecule has 0 radical (unpaired) electrons. The van der Waals surface area contributed by atoms with E-state index in [1.54, 1.807) is 0 Å². The average molecular weight is 1220 g/mol. The Kier molecular flexibility index (Phi) is 16.2. The van der Waals surface area contributed by atoms with Crippen molar-refractivity contribution in [3.05, 3.63) is 400 Å². The van der Waals surface area contributed by atoms with E-state index in [-0.39, 0.29) is 0 Å². The topological polar surface area (TPSA) is 0 Å². The van der Waals surface area contributed by atoms with Crippen LogP contribution < -0.4 is 0 Å². The number of benzene rings is 16. The molecule has 0 amide bonds. The van der Waals surface area contributed by atoms with E-state index in [1.807, 2.05) is 0 Å². The highest BCUT2D eigenvalue weighted by Gasteiger charge is 2.30. The fraction of sp³-hybridized carbons (Fsp3) is 0. The second-order valence-corrected chi connectivity index (χ2v) is 24.5. The molecule has 0 bridgehead atoms. The van der Waals surface area contributed by atoms with Crippen LogP contribution in [0.3, 0.4) is 0 Å². The van der Waals surface area contributed by atoms with E-state index in [0.717, 1.165) is 134 Å². The van der Waals surface area contributed by atoms with Crippen LogP contribution in [-0.4, -0.2) is 0 Å². The lowest BCUT2D eigenvalue weighted by atomic mass is 9.76. The molecule has 0 heterocycles. The van der Waals surface area contributed by atoms with E-state index in [9.17, 15) is 0 Å². The Labute approximate surface area is 563 Å². The summed E-state index contributed by atoms with van der Waals surface area (Å²) in [7, 11) is 0. The van der Waals surface area contributed by atoms with Gasteiger partial charge in [0.2, 0.25) is 0 Å². The van der Waals surface area contributed by atoms with Gasteiger partial charge in [-0.25, -0.2) is 0 Å². The van der Waals surface area contributed by atoms with E-state index in [1.165, 1.54) is 33.4 Å². The molecule has 0 aliphatic carbocycles. The Hall–Kier alpha value is -12.5. The van der Waals surface area contributed by atoms with Gasteiger partial charge in [-0.2, -0.15) is 0 Å². The summed E-state index contributed by atoms with van der Waals surface area (Å²) in [6.07, 6.45) is 0. The van der Waals surface area contributed by atoms with Crippen molar-refractivity contribution < 1.29 is 0 Å². The van der Waals surface area contributed by atoms with E-state index in [4.69, 9.17) is 0 Å². The van der Waals surface area contributed by atoms with Gasteiger partial charge in [0.1, 0.15) is 0 Å². The number of hydrogen-bond acceptors (Lipinski definition) is 0. The van der Waals surface area contributed by atoms with Gasteiger partial charge in [0, 0.05) is 0 Å². The van der Waals surface area contributed by atoms with Gasteiger partial charge < -0.3 is 0 Å². The van der Waals surface area contributed by atoms with Crippen LogP contribution in [0.5, 0.6) is 0 Å². The van der Waals surface area contributed by atoms with Crippen molar-refractivity contribution in [2.24, 2.45) is 0 Å². The molecule has 16 aromatic rings. The Bertz CT molecular complexity index is 4780. The predicted molar refractivity (Wildman–Crippen MR) is 408 cm³/mol. The van der Waals surface area contributed by atoms with Gasteiger partial charge >= 0.3 is 0 Å². The molecule has 16 rings (SSSR count). The lowest BCUT2D eigenvalue weighted by Gasteiger charge is -2.27. The summed E-state index contributed by atoms with van der Waals surface area (Å²) in [4.78, 5) is 0. The third-order valence-corrected chi connectivity index (χ3v) is 18.7. The van der Waals surface area contributed by atoms with Crippen LogP contribution in [0.2, 0.25) is 0 Å². The lowest BCUT2D eigenvalue weighted by Crippen LogP contribution is -2.01. The van der Waals surface area contributed by atoms with Gasteiger partial charge in [-0.3, -0.25) is 0 Å². The Morgan fingerprint density at radius 1 is 0.0833 bits per heavy atom. The monoisotopic (exact) mass is 1220 g/mol. The minimum Gasteiger partial charge on any atom is -0.0622 e. The van der Waals surface area contributed by atoms with Gasteiger partial charge in [0.05, 0.1) is 0 Å². The molecule has 0 spiro atoms. The normalized spacial score (nSPS) is 11.1. The molecule has 0 saturated carbocycles. The van der Waals surface area contributed by atoms with Crippen molar-refractivity contribution in [1.82, 2.24) is 0 Å². The molecule has 0 saturated heterocycles. The average Bonchev–Trinajstić information content (AvgIpc) is 0.741. The molecule has 0 nitrogen and oxygen atoms in total. The SMILES string of the molecule is c1ccc(-c2cc(-c3cc(-c4cc(-c5ccccc5)c(-c5ccccc5)c(-c5ccccc5)c4-c4ccccc4)cc(-c4cc(-c5ccccc5)c(-c5ccccc5)c(-c5ccccc5)c4-c4ccccc4)c3)c(-c3ccccc3)c(-c3ccccc3)c2-c2ccccc2)cc1. The Morgan fingerprint density at radius 3 is 0.344 bits per heavy atom. The first-order chi connectivity index (χ1) is 47.7. The van der Waals surface area contributed by atoms with Crippen LogP contribution in [0.1, 0.15) is 0 Å². The van der Waals surface area contributed by atoms with Gasteiger partial charge in [-0.1, -0.05) is 364 Å². The Morgan fingerprint density at radius 2 is 0.198 bits per heavy atom. The zero-order chi connectivity index (χ0) is 64.0. The first kappa shape index (κ1) is 58.6.